The molecule has 182 valence electrons. The minimum absolute atomic E-state index is 0.194. The lowest BCUT2D eigenvalue weighted by atomic mass is 9.47. The molecule has 7 heteroatoms. The lowest BCUT2D eigenvalue weighted by Gasteiger charge is -2.59. The molecule has 0 bridgehead atoms. The van der Waals surface area contributed by atoms with E-state index in [1.807, 2.05) is 0 Å². The number of carbonyl (C=O) groups is 1. The number of nitrogens with zero attached hydrogens (tertiary/aromatic N) is 2. The lowest BCUT2D eigenvalue weighted by Crippen LogP contribution is -2.60. The van der Waals surface area contributed by atoms with Crippen LogP contribution in [-0.4, -0.2) is 53.7 Å². The van der Waals surface area contributed by atoms with Crippen molar-refractivity contribution < 1.29 is 24.5 Å². The Morgan fingerprint density at radius 1 is 1.12 bits per heavy atom. The normalized spacial score (nSPS) is 48.8. The monoisotopic (exact) mass is 449 g/mol. The topological polar surface area (TPSA) is 111 Å². The largest absolute Gasteiger partial charge is 0.711 e. The molecule has 4 saturated carbocycles. The van der Waals surface area contributed by atoms with Crippen molar-refractivity contribution in [1.82, 2.24) is 0 Å². The van der Waals surface area contributed by atoms with E-state index in [-0.39, 0.29) is 18.4 Å². The first kappa shape index (κ1) is 24.1. The van der Waals surface area contributed by atoms with Gasteiger partial charge in [0.15, 0.2) is 6.04 Å². The molecule has 4 rings (SSSR count). The number of aliphatic hydroxyl groups is 2. The Morgan fingerprint density at radius 3 is 2.50 bits per heavy atom. The van der Waals surface area contributed by atoms with Gasteiger partial charge in [-0.3, -0.25) is 0 Å². The molecular weight excluding hydrogens is 408 g/mol. The first-order valence-electron chi connectivity index (χ1n) is 12.6. The summed E-state index contributed by atoms with van der Waals surface area (Å²) in [6.45, 7) is 6.63. The highest BCUT2D eigenvalue weighted by Crippen LogP contribution is 2.68. The van der Waals surface area contributed by atoms with E-state index in [4.69, 9.17) is 9.47 Å². The van der Waals surface area contributed by atoms with Crippen LogP contribution in [0.4, 0.5) is 0 Å². The quantitative estimate of drug-likeness (QED) is 0.471. The van der Waals surface area contributed by atoms with Crippen LogP contribution >= 0.6 is 0 Å². The van der Waals surface area contributed by atoms with Gasteiger partial charge in [-0.25, -0.2) is 4.79 Å². The predicted molar refractivity (Wildman–Crippen MR) is 120 cm³/mol. The Hall–Kier alpha value is -1.05. The van der Waals surface area contributed by atoms with Crippen LogP contribution in [0.5, 0.6) is 0 Å². The molecule has 0 aliphatic heterocycles. The van der Waals surface area contributed by atoms with E-state index in [9.17, 15) is 20.5 Å². The van der Waals surface area contributed by atoms with E-state index in [1.54, 1.807) is 14.0 Å². The molecule has 2 N–H and O–H groups in total. The number of hydrogen-bond donors (Lipinski definition) is 2. The Kier molecular flexibility index (Phi) is 6.49. The number of ether oxygens (including phenoxy) is 2. The average Bonchev–Trinajstić information content (AvgIpc) is 2.94. The van der Waals surface area contributed by atoms with Gasteiger partial charge in [-0.15, -0.1) is 0 Å². The first-order chi connectivity index (χ1) is 15.1. The zero-order chi connectivity index (χ0) is 23.3. The Balaban J connectivity index is 1.58. The van der Waals surface area contributed by atoms with Crippen LogP contribution in [0.25, 0.3) is 5.53 Å². The number of methoxy groups -OCH3 is 1. The van der Waals surface area contributed by atoms with Crippen molar-refractivity contribution in [3.8, 4) is 0 Å². The second kappa shape index (κ2) is 8.62. The second-order valence-electron chi connectivity index (χ2n) is 11.6. The second-order valence-corrected chi connectivity index (χ2v) is 11.6. The van der Waals surface area contributed by atoms with E-state index in [2.05, 4.69) is 19.0 Å². The number of fused-ring (bicyclic) bond motifs is 5. The zero-order valence-corrected chi connectivity index (χ0v) is 20.1. The minimum Gasteiger partial charge on any atom is -0.711 e. The molecule has 10 atom stereocenters. The van der Waals surface area contributed by atoms with Crippen LogP contribution in [0.1, 0.15) is 72.1 Å². The van der Waals surface area contributed by atoms with E-state index < -0.39 is 28.6 Å². The van der Waals surface area contributed by atoms with Gasteiger partial charge in [0.2, 0.25) is 0 Å². The molecule has 32 heavy (non-hydrogen) atoms. The zero-order valence-electron chi connectivity index (χ0n) is 20.1. The molecule has 0 aromatic rings. The lowest BCUT2D eigenvalue weighted by molar-refractivity contribution is -0.173. The molecule has 2 unspecified atom stereocenters. The summed E-state index contributed by atoms with van der Waals surface area (Å²) in [7, 11) is 1.66. The van der Waals surface area contributed by atoms with Crippen molar-refractivity contribution >= 4 is 5.97 Å². The number of esters is 1. The van der Waals surface area contributed by atoms with Gasteiger partial charge in [0.1, 0.15) is 5.60 Å². The fourth-order valence-electron chi connectivity index (χ4n) is 9.00. The highest BCUT2D eigenvalue weighted by Gasteiger charge is 2.68. The van der Waals surface area contributed by atoms with Gasteiger partial charge in [0.25, 0.3) is 0 Å². The summed E-state index contributed by atoms with van der Waals surface area (Å²) in [6.07, 6.45) is 7.12. The van der Waals surface area contributed by atoms with Gasteiger partial charge in [-0.1, -0.05) is 13.8 Å². The van der Waals surface area contributed by atoms with Crippen LogP contribution in [0.3, 0.4) is 0 Å². The first-order valence-corrected chi connectivity index (χ1v) is 12.6. The van der Waals surface area contributed by atoms with E-state index in [1.165, 1.54) is 0 Å². The highest BCUT2D eigenvalue weighted by atomic mass is 16.5. The number of carbonyl (C=O) groups excluding carboxylic acids is 1. The molecule has 0 aromatic heterocycles. The van der Waals surface area contributed by atoms with Crippen LogP contribution in [0.15, 0.2) is 5.11 Å². The molecule has 0 radical (unpaired) electrons. The molecule has 0 heterocycles. The van der Waals surface area contributed by atoms with E-state index in [0.717, 1.165) is 44.9 Å². The maximum Gasteiger partial charge on any atom is 0.331 e. The third-order valence-electron chi connectivity index (χ3n) is 10.1. The summed E-state index contributed by atoms with van der Waals surface area (Å²) in [4.78, 5) is 12.6. The van der Waals surface area contributed by atoms with Gasteiger partial charge < -0.3 is 30.3 Å². The van der Waals surface area contributed by atoms with E-state index in [0.29, 0.717) is 36.7 Å². The van der Waals surface area contributed by atoms with Gasteiger partial charge in [-0.05, 0) is 93.8 Å². The summed E-state index contributed by atoms with van der Waals surface area (Å²) in [5.41, 5.74) is 7.17. The van der Waals surface area contributed by atoms with Crippen molar-refractivity contribution in [2.24, 2.45) is 46.0 Å². The molecule has 7 nitrogen and oxygen atoms in total. The van der Waals surface area contributed by atoms with Gasteiger partial charge in [0, 0.05) is 12.5 Å². The van der Waals surface area contributed by atoms with Crippen LogP contribution < -0.4 is 0 Å². The van der Waals surface area contributed by atoms with Crippen molar-refractivity contribution in [3.05, 3.63) is 5.53 Å². The Labute approximate surface area is 192 Å². The number of hydrogen-bond acceptors (Lipinski definition) is 6. The molecule has 4 aliphatic carbocycles. The van der Waals surface area contributed by atoms with Crippen molar-refractivity contribution in [3.63, 3.8) is 0 Å². The van der Waals surface area contributed by atoms with Gasteiger partial charge >= 0.3 is 5.97 Å². The Bertz CT molecular complexity index is 733. The predicted octanol–water partition coefficient (Wildman–Crippen LogP) is 3.95. The molecule has 0 amide bonds. The van der Waals surface area contributed by atoms with Crippen molar-refractivity contribution in [2.75, 3.05) is 20.3 Å². The van der Waals surface area contributed by atoms with Crippen LogP contribution in [0, 0.1) is 40.9 Å². The maximum atomic E-state index is 12.6. The molecule has 4 aliphatic rings. The van der Waals surface area contributed by atoms with Crippen LogP contribution in [-0.2, 0) is 14.3 Å². The summed E-state index contributed by atoms with van der Waals surface area (Å²) >= 11 is 0. The third kappa shape index (κ3) is 3.54. The smallest absolute Gasteiger partial charge is 0.331 e. The maximum absolute atomic E-state index is 12.6. The van der Waals surface area contributed by atoms with Crippen molar-refractivity contribution in [2.45, 2.75) is 89.4 Å². The summed E-state index contributed by atoms with van der Waals surface area (Å²) < 4.78 is 10.5. The molecule has 0 spiro atoms. The summed E-state index contributed by atoms with van der Waals surface area (Å²) in [6, 6.07) is -1.26. The molecule has 0 saturated heterocycles. The van der Waals surface area contributed by atoms with E-state index >= 15 is 0 Å². The fraction of sp³-hybridized carbons (Fsp3) is 0.960. The average molecular weight is 450 g/mol. The van der Waals surface area contributed by atoms with Crippen molar-refractivity contribution in [1.29, 1.82) is 0 Å². The van der Waals surface area contributed by atoms with Gasteiger partial charge in [0.05, 0.1) is 18.8 Å². The Morgan fingerprint density at radius 2 is 1.84 bits per heavy atom. The molecular formula is C25H41N2O5-. The minimum atomic E-state index is -1.40. The molecule has 0 aromatic carbocycles. The number of rotatable bonds is 6. The summed E-state index contributed by atoms with van der Waals surface area (Å²) in [5.74, 6) is 2.12. The SMILES string of the molecule is CCOC(=O)C(N=[N-])C1(O)C[C@@H](C)[C@H]2[C@@H]3CC[C@@H]4C[C@@](O)(COC)CC[C@@H]4[C@H]3CC[C@@]21C. The fourth-order valence-corrected chi connectivity index (χ4v) is 9.00. The standard InChI is InChI=1S/C25H41N2O5/c1-5-32-22(28)21(27-26)25(30)12-15(2)20-19-7-6-16-13-24(29,14-31-4)11-9-17(16)18(19)8-10-23(20,25)3/h15-21,29-30H,5-14H2,1-4H3/q-1/t15-,16-,17+,18-,19-,20+,21?,23+,24-,25?/m1/s1. The third-order valence-corrected chi connectivity index (χ3v) is 10.1. The molecule has 4 fully saturated rings. The van der Waals surface area contributed by atoms with Crippen LogP contribution in [0.2, 0.25) is 0 Å². The highest BCUT2D eigenvalue weighted by molar-refractivity contribution is 5.78. The summed E-state index contributed by atoms with van der Waals surface area (Å²) in [5, 5.41) is 26.2. The van der Waals surface area contributed by atoms with Gasteiger partial charge in [-0.2, -0.15) is 0 Å².